The van der Waals surface area contributed by atoms with Crippen molar-refractivity contribution in [1.29, 1.82) is 5.26 Å². The van der Waals surface area contributed by atoms with Crippen LogP contribution in [0, 0.1) is 11.3 Å². The van der Waals surface area contributed by atoms with Crippen LogP contribution in [0.25, 0.3) is 83.1 Å². The van der Waals surface area contributed by atoms with Gasteiger partial charge >= 0.3 is 0 Å². The van der Waals surface area contributed by atoms with E-state index in [1.807, 2.05) is 12.1 Å². The quantitative estimate of drug-likeness (QED) is 0.142. The number of hydrogen-bond acceptors (Lipinski definition) is 3. The number of para-hydroxylation sites is 2. The summed E-state index contributed by atoms with van der Waals surface area (Å²) >= 11 is 0. The lowest BCUT2D eigenvalue weighted by atomic mass is 9.33. The molecule has 0 saturated heterocycles. The highest BCUT2D eigenvalue weighted by Crippen LogP contribution is 2.51. The van der Waals surface area contributed by atoms with Crippen molar-refractivity contribution in [3.63, 3.8) is 0 Å². The van der Waals surface area contributed by atoms with Crippen molar-refractivity contribution < 1.29 is 6.85 Å². The Morgan fingerprint density at radius 1 is 0.316 bits per heavy atom. The Kier molecular flexibility index (Phi) is 13.8. The molecule has 3 heterocycles. The SMILES string of the molecule is [2H]c1c([2H])c([2H])c(-c2ccc3c(c2)N(c2cc(-c4ccccc4)cc(-c4ccc(C(C)(C)C)cc4)c2)c2cc(-c4cc(C(C)(C)C)cc(C(C)(C)C)c4)cc4c2B3c2ccc(-c3cc(C(C)(C)C)cc(C(C)(C)C)c3)cc2N4c2ccc(C#N)c(-n3c4ccccc4c4ccccc43)c2)c([2H])c1[2H]. The molecule has 0 unspecified atom stereocenters. The fourth-order valence-electron chi connectivity index (χ4n) is 14.8. The average molecular weight is 1280 g/mol. The number of rotatable bonds is 8. The molecule has 0 N–H and O–H groups in total. The van der Waals surface area contributed by atoms with Gasteiger partial charge in [-0.15, -0.1) is 0 Å². The second kappa shape index (κ2) is 23.4. The molecule has 1 aromatic heterocycles. The van der Waals surface area contributed by atoms with Gasteiger partial charge in [0, 0.05) is 44.9 Å². The van der Waals surface area contributed by atoms with Crippen LogP contribution in [0.2, 0.25) is 0 Å². The van der Waals surface area contributed by atoms with Crippen LogP contribution >= 0.6 is 0 Å². The molecule has 0 radical (unpaired) electrons. The largest absolute Gasteiger partial charge is 0.311 e. The summed E-state index contributed by atoms with van der Waals surface area (Å²) in [5.74, 6) is 0. The van der Waals surface area contributed by atoms with Crippen molar-refractivity contribution in [2.75, 3.05) is 9.80 Å². The highest BCUT2D eigenvalue weighted by Gasteiger charge is 2.45. The van der Waals surface area contributed by atoms with Gasteiger partial charge < -0.3 is 14.4 Å². The third-order valence-electron chi connectivity index (χ3n) is 20.4. The number of aromatic nitrogens is 1. The minimum Gasteiger partial charge on any atom is -0.311 e. The molecule has 0 fully saturated rings. The minimum absolute atomic E-state index is 0.0721. The van der Waals surface area contributed by atoms with Crippen molar-refractivity contribution in [2.24, 2.45) is 0 Å². The molecule has 0 bridgehead atoms. The van der Waals surface area contributed by atoms with E-state index in [4.69, 9.17) is 4.11 Å². The second-order valence-corrected chi connectivity index (χ2v) is 32.3. The van der Waals surface area contributed by atoms with Crippen LogP contribution in [0.5, 0.6) is 0 Å². The number of nitriles is 1. The first-order chi connectivity index (χ1) is 48.7. The lowest BCUT2D eigenvalue weighted by Crippen LogP contribution is -2.61. The molecule has 98 heavy (non-hydrogen) atoms. The predicted octanol–water partition coefficient (Wildman–Crippen LogP) is 23.6. The van der Waals surface area contributed by atoms with Crippen LogP contribution in [0.4, 0.5) is 34.1 Å². The van der Waals surface area contributed by atoms with Gasteiger partial charge in [-0.1, -0.05) is 286 Å². The van der Waals surface area contributed by atoms with E-state index in [-0.39, 0.29) is 56.8 Å². The van der Waals surface area contributed by atoms with Crippen LogP contribution in [0.15, 0.2) is 255 Å². The van der Waals surface area contributed by atoms with E-state index in [0.717, 1.165) is 123 Å². The van der Waals surface area contributed by atoms with E-state index < -0.39 is 12.8 Å². The zero-order valence-electron chi connectivity index (χ0n) is 64.2. The Hall–Kier alpha value is -10.4. The summed E-state index contributed by atoms with van der Waals surface area (Å²) in [7, 11) is 0. The molecule has 0 spiro atoms. The summed E-state index contributed by atoms with van der Waals surface area (Å²) in [4.78, 5) is 4.87. The topological polar surface area (TPSA) is 35.2 Å². The Morgan fingerprint density at radius 3 is 1.21 bits per heavy atom. The average Bonchev–Trinajstić information content (AvgIpc) is 1.17. The molecule has 482 valence electrons. The molecule has 0 aliphatic carbocycles. The van der Waals surface area contributed by atoms with Crippen LogP contribution in [-0.2, 0) is 27.1 Å². The van der Waals surface area contributed by atoms with Gasteiger partial charge in [-0.3, -0.25) is 0 Å². The van der Waals surface area contributed by atoms with Crippen molar-refractivity contribution in [2.45, 2.75) is 131 Å². The van der Waals surface area contributed by atoms with Gasteiger partial charge in [0.05, 0.1) is 29.1 Å². The second-order valence-electron chi connectivity index (χ2n) is 32.3. The molecule has 4 nitrogen and oxygen atoms in total. The van der Waals surface area contributed by atoms with Gasteiger partial charge in [-0.05, 0) is 200 Å². The molecule has 0 atom stereocenters. The maximum atomic E-state index is 11.4. The molecule has 0 saturated carbocycles. The highest BCUT2D eigenvalue weighted by molar-refractivity contribution is 7.00. The fraction of sp³-hybridized carbons (Fsp3) is 0.215. The Balaban J connectivity index is 1.12. The molecule has 12 aromatic carbocycles. The maximum absolute atomic E-state index is 11.4. The molecule has 13 aromatic rings. The van der Waals surface area contributed by atoms with Crippen LogP contribution in [0.1, 0.15) is 144 Å². The van der Waals surface area contributed by atoms with Crippen molar-refractivity contribution >= 4 is 79.0 Å². The van der Waals surface area contributed by atoms with Crippen LogP contribution in [0.3, 0.4) is 0 Å². The predicted molar refractivity (Wildman–Crippen MR) is 420 cm³/mol. The first kappa shape index (κ1) is 57.8. The molecule has 5 heteroatoms. The van der Waals surface area contributed by atoms with E-state index in [0.29, 0.717) is 11.1 Å². The number of benzene rings is 12. The Labute approximate surface area is 588 Å². The molecule has 15 rings (SSSR count). The Bertz CT molecular complexity index is 5540. The van der Waals surface area contributed by atoms with E-state index in [9.17, 15) is 8.00 Å². The molecular formula is C93H87BN4. The normalized spacial score (nSPS) is 13.9. The third-order valence-corrected chi connectivity index (χ3v) is 20.4. The zero-order valence-corrected chi connectivity index (χ0v) is 59.2. The standard InChI is InChI=1S/C93H87BN4/c1-89(2,3)70-39-34-61(35-40-70)66-44-65(60-28-20-17-21-29-60)49-76(50-66)97-85-51-62(59-26-18-16-19-27-59)37-42-80(85)94-79-43-38-63(67-45-71(90(4,5)6)55-72(46-67)91(7,8)9)52-84(79)96(86-53-69(54-87(97)88(86)94)68-47-73(92(10,11)12)56-74(48-68)93(13,14)15)75-41-36-64(58-95)83(57-75)98-81-32-24-22-30-77(81)78-31-23-25-33-82(78)98/h16-57H,1-15H3/i16D,18D,19D,26D,27D. The van der Waals surface area contributed by atoms with Gasteiger partial charge in [-0.2, -0.15) is 5.26 Å². The molecule has 2 aliphatic heterocycles. The van der Waals surface area contributed by atoms with Gasteiger partial charge in [0.2, 0.25) is 0 Å². The van der Waals surface area contributed by atoms with Crippen LogP contribution < -0.4 is 26.2 Å². The zero-order chi connectivity index (χ0) is 72.9. The number of hydrogen-bond donors (Lipinski definition) is 0. The third kappa shape index (κ3) is 11.3. The number of fused-ring (bicyclic) bond motifs is 7. The van der Waals surface area contributed by atoms with E-state index in [2.05, 4.69) is 337 Å². The monoisotopic (exact) mass is 1280 g/mol. The molecule has 2 aliphatic rings. The highest BCUT2D eigenvalue weighted by atomic mass is 15.2. The summed E-state index contributed by atoms with van der Waals surface area (Å²) in [5, 5.41) is 13.6. The first-order valence-corrected chi connectivity index (χ1v) is 34.6. The first-order valence-electron chi connectivity index (χ1n) is 37.1. The number of anilines is 6. The van der Waals surface area contributed by atoms with Crippen LogP contribution in [-0.4, -0.2) is 11.3 Å². The van der Waals surface area contributed by atoms with E-state index in [1.165, 1.54) is 27.8 Å². The van der Waals surface area contributed by atoms with Crippen molar-refractivity contribution in [1.82, 2.24) is 4.57 Å². The van der Waals surface area contributed by atoms with Gasteiger partial charge in [0.25, 0.3) is 6.71 Å². The molecular weight excluding hydrogens is 1180 g/mol. The Morgan fingerprint density at radius 2 is 0.724 bits per heavy atom. The smallest absolute Gasteiger partial charge is 0.252 e. The summed E-state index contributed by atoms with van der Waals surface area (Å²) in [6.45, 7) is 33.8. The summed E-state index contributed by atoms with van der Waals surface area (Å²) in [6, 6.07) is 82.9. The van der Waals surface area contributed by atoms with E-state index in [1.54, 1.807) is 0 Å². The van der Waals surface area contributed by atoms with Gasteiger partial charge in [0.1, 0.15) is 6.07 Å². The van der Waals surface area contributed by atoms with E-state index >= 15 is 0 Å². The minimum atomic E-state index is -0.440. The fourth-order valence-corrected chi connectivity index (χ4v) is 14.8. The van der Waals surface area contributed by atoms with Crippen molar-refractivity contribution in [3.05, 3.63) is 288 Å². The summed E-state index contributed by atoms with van der Waals surface area (Å²) < 4.78 is 48.2. The summed E-state index contributed by atoms with van der Waals surface area (Å²) in [6.07, 6.45) is 0. The summed E-state index contributed by atoms with van der Waals surface area (Å²) in [5.41, 5.74) is 26.1. The lowest BCUT2D eigenvalue weighted by molar-refractivity contribution is 0.568. The van der Waals surface area contributed by atoms with Gasteiger partial charge in [-0.25, -0.2) is 0 Å². The van der Waals surface area contributed by atoms with Crippen molar-refractivity contribution in [3.8, 4) is 67.4 Å². The number of nitrogens with zero attached hydrogens (tertiary/aromatic N) is 4. The molecule has 0 amide bonds. The van der Waals surface area contributed by atoms with Gasteiger partial charge in [0.15, 0.2) is 0 Å². The maximum Gasteiger partial charge on any atom is 0.252 e. The lowest BCUT2D eigenvalue weighted by Gasteiger charge is -2.45.